The Hall–Kier alpha value is -1.34. The van der Waals surface area contributed by atoms with Crippen LogP contribution in [0.3, 0.4) is 0 Å². The van der Waals surface area contributed by atoms with E-state index in [0.717, 1.165) is 63.7 Å². The number of ether oxygens (including phenoxy) is 3. The molecule has 1 heterocycles. The van der Waals surface area contributed by atoms with Crippen LogP contribution >= 0.6 is 0 Å². The highest BCUT2D eigenvalue weighted by Gasteiger charge is 2.17. The van der Waals surface area contributed by atoms with E-state index in [1.807, 2.05) is 6.07 Å². The van der Waals surface area contributed by atoms with Gasteiger partial charge in [-0.15, -0.1) is 0 Å². The van der Waals surface area contributed by atoms with Crippen LogP contribution in [0.25, 0.3) is 0 Å². The number of nitrogens with two attached hydrogens (primary N) is 1. The first-order chi connectivity index (χ1) is 11.8. The highest BCUT2D eigenvalue weighted by molar-refractivity contribution is 5.43. The lowest BCUT2D eigenvalue weighted by molar-refractivity contribution is 0.126. The summed E-state index contributed by atoms with van der Waals surface area (Å²) in [6.07, 6.45) is 1.09. The lowest BCUT2D eigenvalue weighted by atomic mass is 10.1. The van der Waals surface area contributed by atoms with Gasteiger partial charge in [-0.3, -0.25) is 4.90 Å². The van der Waals surface area contributed by atoms with Gasteiger partial charge in [-0.2, -0.15) is 0 Å². The van der Waals surface area contributed by atoms with Crippen molar-refractivity contribution < 1.29 is 14.2 Å². The van der Waals surface area contributed by atoms with Gasteiger partial charge in [0.1, 0.15) is 6.61 Å². The molecule has 6 nitrogen and oxygen atoms in total. The fraction of sp³-hybridized carbons (Fsp3) is 0.667. The van der Waals surface area contributed by atoms with Gasteiger partial charge in [0.15, 0.2) is 11.5 Å². The van der Waals surface area contributed by atoms with Gasteiger partial charge >= 0.3 is 0 Å². The molecule has 0 atom stereocenters. The summed E-state index contributed by atoms with van der Waals surface area (Å²) in [4.78, 5) is 4.98. The Bertz CT molecular complexity index is 477. The molecule has 0 spiro atoms. The van der Waals surface area contributed by atoms with E-state index in [4.69, 9.17) is 19.9 Å². The third-order valence-electron chi connectivity index (χ3n) is 4.32. The summed E-state index contributed by atoms with van der Waals surface area (Å²) in [5.74, 6) is 1.55. The first-order valence-corrected chi connectivity index (χ1v) is 8.70. The number of hydrogen-bond acceptors (Lipinski definition) is 6. The molecule has 0 bridgehead atoms. The van der Waals surface area contributed by atoms with E-state index in [9.17, 15) is 0 Å². The molecule has 1 aromatic rings. The topological polar surface area (TPSA) is 60.2 Å². The molecular weight excluding hydrogens is 306 g/mol. The van der Waals surface area contributed by atoms with Crippen molar-refractivity contribution in [2.45, 2.75) is 13.0 Å². The molecule has 1 saturated heterocycles. The van der Waals surface area contributed by atoms with Crippen LogP contribution in [0.5, 0.6) is 11.5 Å². The summed E-state index contributed by atoms with van der Waals surface area (Å²) in [6, 6.07) is 6.18. The maximum absolute atomic E-state index is 5.68. The average Bonchev–Trinajstić information content (AvgIpc) is 2.62. The van der Waals surface area contributed by atoms with Crippen LogP contribution in [0.15, 0.2) is 18.2 Å². The van der Waals surface area contributed by atoms with Crippen LogP contribution < -0.4 is 15.2 Å². The molecule has 0 amide bonds. The van der Waals surface area contributed by atoms with Crippen molar-refractivity contribution in [1.82, 2.24) is 9.80 Å². The highest BCUT2D eigenvalue weighted by Crippen LogP contribution is 2.28. The number of benzene rings is 1. The van der Waals surface area contributed by atoms with Crippen LogP contribution in [-0.2, 0) is 11.3 Å². The third-order valence-corrected chi connectivity index (χ3v) is 4.32. The van der Waals surface area contributed by atoms with Crippen LogP contribution in [0.2, 0.25) is 0 Å². The number of rotatable bonds is 10. The van der Waals surface area contributed by atoms with Gasteiger partial charge in [-0.25, -0.2) is 0 Å². The molecule has 6 heteroatoms. The Morgan fingerprint density at radius 3 is 2.42 bits per heavy atom. The van der Waals surface area contributed by atoms with Crippen LogP contribution in [-0.4, -0.2) is 76.5 Å². The smallest absolute Gasteiger partial charge is 0.161 e. The van der Waals surface area contributed by atoms with E-state index in [2.05, 4.69) is 21.9 Å². The van der Waals surface area contributed by atoms with Crippen molar-refractivity contribution in [2.24, 2.45) is 5.73 Å². The molecule has 1 aliphatic rings. The van der Waals surface area contributed by atoms with Gasteiger partial charge in [-0.05, 0) is 37.2 Å². The maximum atomic E-state index is 5.68. The second-order valence-electron chi connectivity index (χ2n) is 6.09. The van der Waals surface area contributed by atoms with Crippen molar-refractivity contribution in [3.05, 3.63) is 23.8 Å². The molecular formula is C18H31N3O3. The zero-order valence-electron chi connectivity index (χ0n) is 15.0. The molecule has 24 heavy (non-hydrogen) atoms. The van der Waals surface area contributed by atoms with E-state index in [0.29, 0.717) is 13.2 Å². The Balaban J connectivity index is 1.84. The van der Waals surface area contributed by atoms with Crippen molar-refractivity contribution in [3.8, 4) is 11.5 Å². The molecule has 0 aliphatic carbocycles. The molecule has 1 aliphatic heterocycles. The van der Waals surface area contributed by atoms with Gasteiger partial charge in [0.2, 0.25) is 0 Å². The number of methoxy groups -OCH3 is 2. The lowest BCUT2D eigenvalue weighted by Crippen LogP contribution is -2.46. The molecule has 2 rings (SSSR count). The Morgan fingerprint density at radius 2 is 1.75 bits per heavy atom. The average molecular weight is 337 g/mol. The van der Waals surface area contributed by atoms with E-state index in [1.165, 1.54) is 5.56 Å². The van der Waals surface area contributed by atoms with Crippen molar-refractivity contribution in [2.75, 3.05) is 66.7 Å². The molecule has 1 aromatic carbocycles. The van der Waals surface area contributed by atoms with Gasteiger partial charge in [0, 0.05) is 39.8 Å². The van der Waals surface area contributed by atoms with Crippen LogP contribution in [0, 0.1) is 0 Å². The summed E-state index contributed by atoms with van der Waals surface area (Å²) >= 11 is 0. The van der Waals surface area contributed by atoms with Crippen molar-refractivity contribution in [3.63, 3.8) is 0 Å². The summed E-state index contributed by atoms with van der Waals surface area (Å²) in [6.45, 7) is 8.36. The molecule has 1 fully saturated rings. The fourth-order valence-electron chi connectivity index (χ4n) is 2.91. The van der Waals surface area contributed by atoms with Crippen LogP contribution in [0.1, 0.15) is 12.0 Å². The molecule has 136 valence electrons. The van der Waals surface area contributed by atoms with Crippen molar-refractivity contribution in [1.29, 1.82) is 0 Å². The predicted molar refractivity (Wildman–Crippen MR) is 95.8 cm³/mol. The van der Waals surface area contributed by atoms with Gasteiger partial charge in [0.25, 0.3) is 0 Å². The predicted octanol–water partition coefficient (Wildman–Crippen LogP) is 1.19. The fourth-order valence-corrected chi connectivity index (χ4v) is 2.91. The van der Waals surface area contributed by atoms with E-state index >= 15 is 0 Å². The molecule has 2 N–H and O–H groups in total. The minimum Gasteiger partial charge on any atom is -0.493 e. The Morgan fingerprint density at radius 1 is 1.00 bits per heavy atom. The van der Waals surface area contributed by atoms with Crippen molar-refractivity contribution >= 4 is 0 Å². The third kappa shape index (κ3) is 5.94. The highest BCUT2D eigenvalue weighted by atomic mass is 16.5. The summed E-state index contributed by atoms with van der Waals surface area (Å²) < 4.78 is 16.2. The SMILES string of the molecule is COCCOc1ccc(CN2CCN(CCCN)CC2)cc1OC. The quantitative estimate of drug-likeness (QED) is 0.647. The first-order valence-electron chi connectivity index (χ1n) is 8.70. The monoisotopic (exact) mass is 337 g/mol. The van der Waals surface area contributed by atoms with Gasteiger partial charge in [-0.1, -0.05) is 6.07 Å². The first kappa shape index (κ1) is 19.0. The van der Waals surface area contributed by atoms with E-state index in [1.54, 1.807) is 14.2 Å². The zero-order chi connectivity index (χ0) is 17.2. The zero-order valence-corrected chi connectivity index (χ0v) is 15.0. The number of nitrogens with zero attached hydrogens (tertiary/aromatic N) is 2. The standard InChI is InChI=1S/C18H31N3O3/c1-22-12-13-24-17-5-4-16(14-18(17)23-2)15-21-10-8-20(9-11-21)7-3-6-19/h4-5,14H,3,6-13,15,19H2,1-2H3. The van der Waals surface area contributed by atoms with Gasteiger partial charge < -0.3 is 24.8 Å². The summed E-state index contributed by atoms with van der Waals surface area (Å²) in [7, 11) is 3.35. The second kappa shape index (κ2) is 10.5. The second-order valence-corrected chi connectivity index (χ2v) is 6.09. The minimum absolute atomic E-state index is 0.525. The lowest BCUT2D eigenvalue weighted by Gasteiger charge is -2.34. The normalized spacial score (nSPS) is 16.3. The van der Waals surface area contributed by atoms with Crippen LogP contribution in [0.4, 0.5) is 0 Å². The Labute approximate surface area is 145 Å². The maximum Gasteiger partial charge on any atom is 0.161 e. The van der Waals surface area contributed by atoms with Gasteiger partial charge in [0.05, 0.1) is 13.7 Å². The largest absolute Gasteiger partial charge is 0.493 e. The molecule has 0 aromatic heterocycles. The molecule has 0 radical (unpaired) electrons. The minimum atomic E-state index is 0.525. The molecule has 0 unspecified atom stereocenters. The summed E-state index contributed by atoms with van der Waals surface area (Å²) in [5.41, 5.74) is 6.84. The number of hydrogen-bond donors (Lipinski definition) is 1. The summed E-state index contributed by atoms with van der Waals surface area (Å²) in [5, 5.41) is 0. The molecule has 0 saturated carbocycles. The van der Waals surface area contributed by atoms with E-state index in [-0.39, 0.29) is 0 Å². The number of piperazine rings is 1. The Kier molecular flexibility index (Phi) is 8.32. The van der Waals surface area contributed by atoms with E-state index < -0.39 is 0 Å².